The quantitative estimate of drug-likeness (QED) is 0.596. The minimum atomic E-state index is -1.08. The van der Waals surface area contributed by atoms with Crippen molar-refractivity contribution in [2.24, 2.45) is 5.73 Å². The summed E-state index contributed by atoms with van der Waals surface area (Å²) in [6.07, 6.45) is 0. The fourth-order valence-corrected chi connectivity index (χ4v) is 4.99. The molecule has 1 aromatic rings. The van der Waals surface area contributed by atoms with Gasteiger partial charge in [-0.1, -0.05) is 23.1 Å². The number of carbonyl (C=O) groups excluding carboxylic acids is 1. The summed E-state index contributed by atoms with van der Waals surface area (Å²) in [5, 5.41) is 16.7. The third-order valence-corrected chi connectivity index (χ3v) is 6.31. The number of carboxylic acids is 1. The number of rotatable bonds is 4. The molecule has 10 heteroatoms. The van der Waals surface area contributed by atoms with Crippen LogP contribution in [0.2, 0.25) is 0 Å². The van der Waals surface area contributed by atoms with E-state index in [1.54, 1.807) is 5.51 Å². The second-order valence-electron chi connectivity index (χ2n) is 4.19. The summed E-state index contributed by atoms with van der Waals surface area (Å²) in [6, 6.07) is -0.591. The second-order valence-corrected chi connectivity index (χ2v) is 7.35. The Kier molecular flexibility index (Phi) is 3.71. The Labute approximate surface area is 126 Å². The molecule has 0 bridgehead atoms. The van der Waals surface area contributed by atoms with Gasteiger partial charge in [-0.3, -0.25) is 9.69 Å². The molecule has 2 atom stereocenters. The highest BCUT2D eigenvalue weighted by atomic mass is 32.2. The van der Waals surface area contributed by atoms with Crippen LogP contribution in [-0.4, -0.2) is 55.0 Å². The second kappa shape index (κ2) is 5.35. The standard InChI is InChI=1S/C10H10N4O3S3/c11-5-7(15)14-6(9(16)17)4(1-18-8(5)14)2-19-10-13-12-3-20-10/h3,5,8H,1-2,11H2,(H,16,17)/t5?,8-/m1/s1. The van der Waals surface area contributed by atoms with Crippen LogP contribution in [-0.2, 0) is 9.59 Å². The smallest absolute Gasteiger partial charge is 0.352 e. The molecule has 0 spiro atoms. The summed E-state index contributed by atoms with van der Waals surface area (Å²) in [4.78, 5) is 24.5. The van der Waals surface area contributed by atoms with Gasteiger partial charge >= 0.3 is 5.97 Å². The maximum atomic E-state index is 11.8. The van der Waals surface area contributed by atoms with Crippen LogP contribution in [0.5, 0.6) is 0 Å². The van der Waals surface area contributed by atoms with Crippen molar-refractivity contribution in [3.8, 4) is 0 Å². The Morgan fingerprint density at radius 2 is 2.45 bits per heavy atom. The lowest BCUT2D eigenvalue weighted by atomic mass is 10.0. The summed E-state index contributed by atoms with van der Waals surface area (Å²) < 4.78 is 0.779. The van der Waals surface area contributed by atoms with Gasteiger partial charge in [0.1, 0.15) is 22.6 Å². The number of aliphatic carboxylic acids is 1. The van der Waals surface area contributed by atoms with Crippen molar-refractivity contribution in [3.05, 3.63) is 16.8 Å². The molecule has 7 nitrogen and oxygen atoms in total. The van der Waals surface area contributed by atoms with Gasteiger partial charge in [-0.25, -0.2) is 4.79 Å². The first-order valence-corrected chi connectivity index (χ1v) is 8.55. The molecule has 1 unspecified atom stereocenters. The topological polar surface area (TPSA) is 109 Å². The average molecular weight is 330 g/mol. The number of fused-ring (bicyclic) bond motifs is 1. The highest BCUT2D eigenvalue weighted by molar-refractivity contribution is 8.01. The van der Waals surface area contributed by atoms with Gasteiger partial charge in [0.15, 0.2) is 4.34 Å². The molecule has 1 aromatic heterocycles. The average Bonchev–Trinajstić information content (AvgIpc) is 2.96. The number of nitrogens with zero attached hydrogens (tertiary/aromatic N) is 3. The third-order valence-electron chi connectivity index (χ3n) is 3.00. The van der Waals surface area contributed by atoms with Crippen molar-refractivity contribution in [2.75, 3.05) is 11.5 Å². The normalized spacial score (nSPS) is 25.4. The highest BCUT2D eigenvalue weighted by Gasteiger charge is 2.51. The lowest BCUT2D eigenvalue weighted by Crippen LogP contribution is -2.68. The van der Waals surface area contributed by atoms with Crippen LogP contribution in [0.4, 0.5) is 0 Å². The van der Waals surface area contributed by atoms with E-state index in [0.29, 0.717) is 11.5 Å². The molecule has 3 heterocycles. The number of carbonyl (C=O) groups is 2. The van der Waals surface area contributed by atoms with E-state index in [4.69, 9.17) is 5.73 Å². The molecule has 2 aliphatic heterocycles. The number of nitrogens with two attached hydrogens (primary N) is 1. The maximum absolute atomic E-state index is 11.8. The number of aromatic nitrogens is 2. The molecule has 3 rings (SSSR count). The summed E-state index contributed by atoms with van der Waals surface area (Å²) in [5.41, 5.74) is 8.11. The van der Waals surface area contributed by atoms with Crippen molar-refractivity contribution >= 4 is 46.7 Å². The van der Waals surface area contributed by atoms with E-state index in [0.717, 1.165) is 9.91 Å². The predicted molar refractivity (Wildman–Crippen MR) is 76.4 cm³/mol. The fourth-order valence-electron chi connectivity index (χ4n) is 2.07. The predicted octanol–water partition coefficient (Wildman–Crippen LogP) is 0.211. The van der Waals surface area contributed by atoms with Crippen molar-refractivity contribution in [1.82, 2.24) is 15.1 Å². The van der Waals surface area contributed by atoms with Gasteiger partial charge in [-0.15, -0.1) is 22.0 Å². The Balaban J connectivity index is 1.82. The molecule has 20 heavy (non-hydrogen) atoms. The van der Waals surface area contributed by atoms with Crippen molar-refractivity contribution in [3.63, 3.8) is 0 Å². The molecule has 3 N–H and O–H groups in total. The Hall–Kier alpha value is -1.10. The number of amides is 1. The molecule has 2 aliphatic rings. The van der Waals surface area contributed by atoms with Gasteiger partial charge in [-0.2, -0.15) is 0 Å². The summed E-state index contributed by atoms with van der Waals surface area (Å²) in [5.74, 6) is -0.355. The van der Waals surface area contributed by atoms with Gasteiger partial charge in [0.05, 0.1) is 0 Å². The zero-order chi connectivity index (χ0) is 14.3. The number of thioether (sulfide) groups is 2. The zero-order valence-electron chi connectivity index (χ0n) is 10.1. The van der Waals surface area contributed by atoms with Gasteiger partial charge in [-0.05, 0) is 5.57 Å². The minimum Gasteiger partial charge on any atom is -0.477 e. The molecule has 0 radical (unpaired) electrons. The third kappa shape index (κ3) is 2.22. The summed E-state index contributed by atoms with van der Waals surface area (Å²) in [7, 11) is 0. The lowest BCUT2D eigenvalue weighted by molar-refractivity contribution is -0.147. The molecule has 0 saturated carbocycles. The van der Waals surface area contributed by atoms with Crippen molar-refractivity contribution in [2.45, 2.75) is 15.8 Å². The van der Waals surface area contributed by atoms with Crippen LogP contribution in [0.1, 0.15) is 0 Å². The Bertz CT molecular complexity index is 589. The van der Waals surface area contributed by atoms with E-state index in [1.165, 1.54) is 39.8 Å². The lowest BCUT2D eigenvalue weighted by Gasteiger charge is -2.48. The maximum Gasteiger partial charge on any atom is 0.352 e. The summed E-state index contributed by atoms with van der Waals surface area (Å²) >= 11 is 4.33. The first-order valence-electron chi connectivity index (χ1n) is 5.64. The SMILES string of the molecule is NC1C(=O)N2C(C(=O)O)=C(CSc3nncs3)CS[C@H]12. The fraction of sp³-hybridized carbons (Fsp3) is 0.400. The van der Waals surface area contributed by atoms with Crippen molar-refractivity contribution < 1.29 is 14.7 Å². The van der Waals surface area contributed by atoms with Gasteiger partial charge in [0.2, 0.25) is 5.91 Å². The van der Waals surface area contributed by atoms with Gasteiger partial charge < -0.3 is 10.8 Å². The largest absolute Gasteiger partial charge is 0.477 e. The number of β-lactam (4-membered cyclic amide) rings is 1. The molecular weight excluding hydrogens is 320 g/mol. The monoisotopic (exact) mass is 330 g/mol. The van der Waals surface area contributed by atoms with E-state index < -0.39 is 12.0 Å². The van der Waals surface area contributed by atoms with E-state index >= 15 is 0 Å². The van der Waals surface area contributed by atoms with Crippen molar-refractivity contribution in [1.29, 1.82) is 0 Å². The first-order chi connectivity index (χ1) is 9.59. The first kappa shape index (κ1) is 13.9. The van der Waals surface area contributed by atoms with E-state index in [9.17, 15) is 14.7 Å². The molecular formula is C10H10N4O3S3. The molecule has 1 saturated heterocycles. The van der Waals surface area contributed by atoms with Gasteiger partial charge in [0, 0.05) is 11.5 Å². The van der Waals surface area contributed by atoms with Gasteiger partial charge in [0.25, 0.3) is 0 Å². The van der Waals surface area contributed by atoms with E-state index in [-0.39, 0.29) is 17.0 Å². The molecule has 1 fully saturated rings. The minimum absolute atomic E-state index is 0.0810. The zero-order valence-corrected chi connectivity index (χ0v) is 12.5. The molecule has 0 aliphatic carbocycles. The Morgan fingerprint density at radius 1 is 1.65 bits per heavy atom. The molecule has 0 aromatic carbocycles. The van der Waals surface area contributed by atoms with Crippen LogP contribution < -0.4 is 5.73 Å². The van der Waals surface area contributed by atoms with Crippen LogP contribution in [0.15, 0.2) is 21.1 Å². The van der Waals surface area contributed by atoms with E-state index in [2.05, 4.69) is 10.2 Å². The number of hydrogen-bond acceptors (Lipinski definition) is 8. The number of carboxylic acid groups (broad SMARTS) is 1. The Morgan fingerprint density at radius 3 is 3.10 bits per heavy atom. The summed E-state index contributed by atoms with van der Waals surface area (Å²) in [6.45, 7) is 0. The molecule has 106 valence electrons. The van der Waals surface area contributed by atoms with Crippen LogP contribution >= 0.6 is 34.9 Å². The molecule has 1 amide bonds. The van der Waals surface area contributed by atoms with E-state index in [1.807, 2.05) is 0 Å². The van der Waals surface area contributed by atoms with Crippen LogP contribution in [0.3, 0.4) is 0 Å². The van der Waals surface area contributed by atoms with Crippen LogP contribution in [0, 0.1) is 0 Å². The van der Waals surface area contributed by atoms with Crippen LogP contribution in [0.25, 0.3) is 0 Å². The number of hydrogen-bond donors (Lipinski definition) is 2. The highest BCUT2D eigenvalue weighted by Crippen LogP contribution is 2.40.